The van der Waals surface area contributed by atoms with E-state index in [2.05, 4.69) is 27.3 Å². The fourth-order valence-electron chi connectivity index (χ4n) is 2.52. The molecule has 2 rings (SSSR count). The van der Waals surface area contributed by atoms with Gasteiger partial charge in [0.2, 0.25) is 5.91 Å². The van der Waals surface area contributed by atoms with Crippen molar-refractivity contribution in [3.63, 3.8) is 0 Å². The maximum atomic E-state index is 12.4. The molecule has 1 saturated carbocycles. The maximum Gasteiger partial charge on any atom is 0.231 e. The lowest BCUT2D eigenvalue weighted by Gasteiger charge is -2.26. The molecule has 100 valence electrons. The molecule has 0 atom stereocenters. The molecule has 0 bridgehead atoms. The summed E-state index contributed by atoms with van der Waals surface area (Å²) in [5, 5.41) is 11.7. The molecule has 3 N–H and O–H groups in total. The van der Waals surface area contributed by atoms with E-state index in [1.165, 1.54) is 0 Å². The van der Waals surface area contributed by atoms with E-state index in [0.29, 0.717) is 22.3 Å². The Labute approximate surface area is 121 Å². The van der Waals surface area contributed by atoms with E-state index in [9.17, 15) is 4.79 Å². The Morgan fingerprint density at radius 1 is 1.47 bits per heavy atom. The molecule has 4 nitrogen and oxygen atoms in total. The first-order valence-electron chi connectivity index (χ1n) is 6.32. The van der Waals surface area contributed by atoms with Crippen molar-refractivity contribution in [2.24, 2.45) is 11.1 Å². The van der Waals surface area contributed by atoms with Crippen molar-refractivity contribution >= 4 is 27.5 Å². The predicted molar refractivity (Wildman–Crippen MR) is 77.4 cm³/mol. The molecule has 0 heterocycles. The summed E-state index contributed by atoms with van der Waals surface area (Å²) >= 11 is 3.37. The summed E-state index contributed by atoms with van der Waals surface area (Å²) in [6.07, 6.45) is 3.81. The van der Waals surface area contributed by atoms with Crippen LogP contribution in [0.4, 0.5) is 5.69 Å². The monoisotopic (exact) mass is 321 g/mol. The first-order chi connectivity index (χ1) is 9.11. The second-order valence-corrected chi connectivity index (χ2v) is 5.81. The molecular formula is C14H16BrN3O. The predicted octanol–water partition coefficient (Wildman–Crippen LogP) is 2.78. The van der Waals surface area contributed by atoms with Crippen LogP contribution in [0.5, 0.6) is 0 Å². The number of nitrogens with one attached hydrogen (secondary N) is 1. The Balaban J connectivity index is 2.17. The molecule has 1 aromatic rings. The lowest BCUT2D eigenvalue weighted by molar-refractivity contribution is -0.124. The van der Waals surface area contributed by atoms with Crippen LogP contribution >= 0.6 is 15.9 Å². The Kier molecular flexibility index (Phi) is 4.23. The molecule has 1 aliphatic carbocycles. The van der Waals surface area contributed by atoms with Crippen LogP contribution in [0.1, 0.15) is 31.2 Å². The average Bonchev–Trinajstić information content (AvgIpc) is 2.91. The summed E-state index contributed by atoms with van der Waals surface area (Å²) < 4.78 is 0.713. The number of carbonyl (C=O) groups excluding carboxylic acids is 1. The van der Waals surface area contributed by atoms with Crippen molar-refractivity contribution in [2.75, 3.05) is 11.9 Å². The van der Waals surface area contributed by atoms with Crippen LogP contribution in [-0.2, 0) is 4.79 Å². The summed E-state index contributed by atoms with van der Waals surface area (Å²) in [4.78, 5) is 12.4. The molecular weight excluding hydrogens is 306 g/mol. The normalized spacial score (nSPS) is 16.9. The summed E-state index contributed by atoms with van der Waals surface area (Å²) in [6.45, 7) is 0.382. The van der Waals surface area contributed by atoms with Crippen LogP contribution in [0.15, 0.2) is 22.7 Å². The van der Waals surface area contributed by atoms with E-state index in [4.69, 9.17) is 11.0 Å². The van der Waals surface area contributed by atoms with Crippen molar-refractivity contribution < 1.29 is 4.79 Å². The van der Waals surface area contributed by atoms with Crippen molar-refractivity contribution in [1.82, 2.24) is 0 Å². The Hall–Kier alpha value is -1.38. The number of nitrogens with zero attached hydrogens (tertiary/aromatic N) is 1. The topological polar surface area (TPSA) is 78.9 Å². The minimum atomic E-state index is -0.423. The number of nitrogens with two attached hydrogens (primary N) is 1. The van der Waals surface area contributed by atoms with Crippen LogP contribution in [0.2, 0.25) is 0 Å². The highest BCUT2D eigenvalue weighted by Crippen LogP contribution is 2.38. The van der Waals surface area contributed by atoms with Crippen molar-refractivity contribution in [3.05, 3.63) is 28.2 Å². The summed E-state index contributed by atoms with van der Waals surface area (Å²) in [7, 11) is 0. The van der Waals surface area contributed by atoms with Crippen LogP contribution in [0, 0.1) is 16.7 Å². The van der Waals surface area contributed by atoms with Gasteiger partial charge in [0.25, 0.3) is 0 Å². The molecule has 0 spiro atoms. The van der Waals surface area contributed by atoms with Gasteiger partial charge in [-0.05, 0) is 47.0 Å². The van der Waals surface area contributed by atoms with Gasteiger partial charge in [-0.15, -0.1) is 0 Å². The SMILES string of the molecule is N#Cc1ccc(NC(=O)C2(CN)CCCC2)c(Br)c1. The van der Waals surface area contributed by atoms with Crippen LogP contribution in [0.3, 0.4) is 0 Å². The quantitative estimate of drug-likeness (QED) is 0.898. The van der Waals surface area contributed by atoms with Gasteiger partial charge in [0, 0.05) is 11.0 Å². The van der Waals surface area contributed by atoms with Crippen LogP contribution < -0.4 is 11.1 Å². The average molecular weight is 322 g/mol. The third-order valence-electron chi connectivity index (χ3n) is 3.78. The third-order valence-corrected chi connectivity index (χ3v) is 4.44. The summed E-state index contributed by atoms with van der Waals surface area (Å²) in [5.74, 6) is -0.0158. The second kappa shape index (κ2) is 5.72. The lowest BCUT2D eigenvalue weighted by Crippen LogP contribution is -2.40. The third kappa shape index (κ3) is 2.80. The molecule has 1 fully saturated rings. The maximum absolute atomic E-state index is 12.4. The minimum absolute atomic E-state index is 0.0158. The highest BCUT2D eigenvalue weighted by Gasteiger charge is 2.39. The number of halogens is 1. The van der Waals surface area contributed by atoms with Gasteiger partial charge in [-0.3, -0.25) is 4.79 Å². The minimum Gasteiger partial charge on any atom is -0.329 e. The smallest absolute Gasteiger partial charge is 0.231 e. The van der Waals surface area contributed by atoms with Crippen molar-refractivity contribution in [3.8, 4) is 6.07 Å². The van der Waals surface area contributed by atoms with Crippen LogP contribution in [0.25, 0.3) is 0 Å². The molecule has 0 radical (unpaired) electrons. The lowest BCUT2D eigenvalue weighted by atomic mass is 9.85. The van der Waals surface area contributed by atoms with Gasteiger partial charge in [-0.1, -0.05) is 12.8 Å². The summed E-state index contributed by atoms with van der Waals surface area (Å²) in [6, 6.07) is 7.17. The highest BCUT2D eigenvalue weighted by molar-refractivity contribution is 9.10. The Morgan fingerprint density at radius 2 is 2.16 bits per heavy atom. The zero-order valence-corrected chi connectivity index (χ0v) is 12.2. The molecule has 0 aliphatic heterocycles. The van der Waals surface area contributed by atoms with Gasteiger partial charge in [0.15, 0.2) is 0 Å². The number of benzene rings is 1. The molecule has 19 heavy (non-hydrogen) atoms. The first kappa shape index (κ1) is 14.0. The largest absolute Gasteiger partial charge is 0.329 e. The molecule has 1 amide bonds. The molecule has 1 aliphatic rings. The highest BCUT2D eigenvalue weighted by atomic mass is 79.9. The van der Waals surface area contributed by atoms with E-state index < -0.39 is 5.41 Å². The van der Waals surface area contributed by atoms with E-state index in [-0.39, 0.29) is 5.91 Å². The molecule has 0 unspecified atom stereocenters. The fraction of sp³-hybridized carbons (Fsp3) is 0.429. The molecule has 1 aromatic carbocycles. The van der Waals surface area contributed by atoms with E-state index in [1.54, 1.807) is 18.2 Å². The van der Waals surface area contributed by atoms with Crippen molar-refractivity contribution in [2.45, 2.75) is 25.7 Å². The number of rotatable bonds is 3. The zero-order valence-electron chi connectivity index (χ0n) is 10.6. The zero-order chi connectivity index (χ0) is 13.9. The number of hydrogen-bond acceptors (Lipinski definition) is 3. The van der Waals surface area contributed by atoms with Gasteiger partial charge in [0.1, 0.15) is 0 Å². The molecule has 0 aromatic heterocycles. The van der Waals surface area contributed by atoms with Crippen molar-refractivity contribution in [1.29, 1.82) is 5.26 Å². The van der Waals surface area contributed by atoms with Gasteiger partial charge >= 0.3 is 0 Å². The Bertz CT molecular complexity index is 530. The van der Waals surface area contributed by atoms with E-state index in [0.717, 1.165) is 25.7 Å². The van der Waals surface area contributed by atoms with Gasteiger partial charge < -0.3 is 11.1 Å². The number of amides is 1. The second-order valence-electron chi connectivity index (χ2n) is 4.95. The van der Waals surface area contributed by atoms with Crippen LogP contribution in [-0.4, -0.2) is 12.5 Å². The fourth-order valence-corrected chi connectivity index (χ4v) is 2.99. The number of hydrogen-bond donors (Lipinski definition) is 2. The Morgan fingerprint density at radius 3 is 2.68 bits per heavy atom. The number of carbonyl (C=O) groups is 1. The molecule has 5 heteroatoms. The molecule has 0 saturated heterocycles. The summed E-state index contributed by atoms with van der Waals surface area (Å²) in [5.41, 5.74) is 6.61. The van der Waals surface area contributed by atoms with E-state index in [1.807, 2.05) is 0 Å². The first-order valence-corrected chi connectivity index (χ1v) is 7.12. The standard InChI is InChI=1S/C14H16BrN3O/c15-11-7-10(8-16)3-4-12(11)18-13(19)14(9-17)5-1-2-6-14/h3-4,7H,1-2,5-6,9,17H2,(H,18,19). The van der Waals surface area contributed by atoms with Gasteiger partial charge in [-0.25, -0.2) is 0 Å². The van der Waals surface area contributed by atoms with Gasteiger partial charge in [0.05, 0.1) is 22.7 Å². The van der Waals surface area contributed by atoms with Gasteiger partial charge in [-0.2, -0.15) is 5.26 Å². The van der Waals surface area contributed by atoms with E-state index >= 15 is 0 Å². The number of nitriles is 1. The number of anilines is 1.